The van der Waals surface area contributed by atoms with Gasteiger partial charge in [-0.1, -0.05) is 230 Å². The Morgan fingerprint density at radius 1 is 0.361 bits per heavy atom. The highest BCUT2D eigenvalue weighted by Gasteiger charge is 2.53. The number of hydrogen-bond donors (Lipinski definition) is 0. The Morgan fingerprint density at radius 2 is 0.639 bits per heavy atom. The highest BCUT2D eigenvalue weighted by molar-refractivity contribution is 14.1. The molecule has 2 saturated heterocycles. The quantitative estimate of drug-likeness (QED) is 0.0229. The fourth-order valence-corrected chi connectivity index (χ4v) is 19.1. The molecule has 2 aliphatic rings. The van der Waals surface area contributed by atoms with Gasteiger partial charge in [-0.15, -0.1) is 34.0 Å². The lowest BCUT2D eigenvalue weighted by Gasteiger charge is -2.32. The molecule has 6 nitrogen and oxygen atoms in total. The van der Waals surface area contributed by atoms with Crippen molar-refractivity contribution in [2.45, 2.75) is 297 Å². The SMILES string of the molecule is Brc1ccsc1I.CCCCCCCCC(CCCCCCCC)n1c2cc(-c3sccc3Br)ccc2c2ccc(-c3sccc3Br)cc21.CCCCCCCCC(CCCCCCCC)n1c2cc(B3OC(C)(C)C(C)(C)O3)ccc2c2ccc(B3OC(C)(C)C(C)(C)O3)cc21. The maximum atomic E-state index is 6.56. The summed E-state index contributed by atoms with van der Waals surface area (Å²) in [5, 5.41) is 11.8. The first kappa shape index (κ1) is 78.8. The molecule has 0 saturated carbocycles. The number of hydrogen-bond acceptors (Lipinski definition) is 7. The highest BCUT2D eigenvalue weighted by Crippen LogP contribution is 2.45. The van der Waals surface area contributed by atoms with Gasteiger partial charge in [0.2, 0.25) is 0 Å². The Morgan fingerprint density at radius 3 is 0.907 bits per heavy atom. The molecule has 9 aromatic rings. The maximum Gasteiger partial charge on any atom is 0.494 e. The van der Waals surface area contributed by atoms with Crippen LogP contribution in [0.3, 0.4) is 0 Å². The van der Waals surface area contributed by atoms with Crippen molar-refractivity contribution in [3.63, 3.8) is 0 Å². The summed E-state index contributed by atoms with van der Waals surface area (Å²) < 4.78 is 36.6. The number of benzene rings is 4. The van der Waals surface area contributed by atoms with Crippen LogP contribution < -0.4 is 10.9 Å². The first-order valence-corrected chi connectivity index (χ1v) is 43.4. The third-order valence-corrected chi connectivity index (χ3v) is 28.8. The molecule has 0 bridgehead atoms. The zero-order valence-electron chi connectivity index (χ0n) is 60.8. The van der Waals surface area contributed by atoms with E-state index >= 15 is 0 Å². The van der Waals surface area contributed by atoms with Gasteiger partial charge < -0.3 is 27.8 Å². The second kappa shape index (κ2) is 37.4. The monoisotopic (exact) mass is 1670 g/mol. The summed E-state index contributed by atoms with van der Waals surface area (Å²) in [5.74, 6) is 0. The van der Waals surface area contributed by atoms with E-state index in [9.17, 15) is 0 Å². The van der Waals surface area contributed by atoms with Gasteiger partial charge in [-0.25, -0.2) is 0 Å². The number of rotatable bonds is 34. The summed E-state index contributed by atoms with van der Waals surface area (Å²) in [6.45, 7) is 26.3. The van der Waals surface area contributed by atoms with Gasteiger partial charge in [-0.05, 0) is 232 Å². The predicted molar refractivity (Wildman–Crippen MR) is 447 cm³/mol. The van der Waals surface area contributed by atoms with E-state index < -0.39 is 0 Å². The molecule has 97 heavy (non-hydrogen) atoms. The number of halogens is 4. The van der Waals surface area contributed by atoms with Crippen LogP contribution in [0, 0.1) is 2.88 Å². The van der Waals surface area contributed by atoms with E-state index in [2.05, 4.69) is 264 Å². The Bertz CT molecular complexity index is 3630. The molecule has 0 spiro atoms. The van der Waals surface area contributed by atoms with Gasteiger partial charge >= 0.3 is 14.2 Å². The number of thiophene rings is 3. The van der Waals surface area contributed by atoms with E-state index in [0.29, 0.717) is 12.1 Å². The molecule has 2 aliphatic heterocycles. The zero-order valence-corrected chi connectivity index (χ0v) is 70.1. The van der Waals surface area contributed by atoms with Crippen LogP contribution >= 0.6 is 104 Å². The fraction of sp³-hybridized carbons (Fsp3) is 0.561. The molecule has 7 heterocycles. The lowest BCUT2D eigenvalue weighted by Crippen LogP contribution is -2.41. The number of aromatic nitrogens is 2. The van der Waals surface area contributed by atoms with Crippen LogP contribution in [0.15, 0.2) is 121 Å². The van der Waals surface area contributed by atoms with Gasteiger partial charge in [0.05, 0.1) is 36.3 Å². The Kier molecular flexibility index (Phi) is 30.4. The summed E-state index contributed by atoms with van der Waals surface area (Å²) in [7, 11) is -0.775. The van der Waals surface area contributed by atoms with Gasteiger partial charge in [0, 0.05) is 67.8 Å². The molecule has 0 atom stereocenters. The number of unbranched alkanes of at least 4 members (excludes halogenated alkanes) is 20. The zero-order chi connectivity index (χ0) is 69.3. The normalized spacial score (nSPS) is 15.6. The molecule has 526 valence electrons. The molecule has 15 heteroatoms. The van der Waals surface area contributed by atoms with Crippen molar-refractivity contribution in [3.05, 3.63) is 123 Å². The molecule has 4 aromatic carbocycles. The smallest absolute Gasteiger partial charge is 0.399 e. The van der Waals surface area contributed by atoms with Crippen molar-refractivity contribution in [2.75, 3.05) is 0 Å². The van der Waals surface area contributed by atoms with Crippen LogP contribution in [0.1, 0.15) is 275 Å². The largest absolute Gasteiger partial charge is 0.494 e. The molecular weight excluding hydrogens is 1560 g/mol. The van der Waals surface area contributed by atoms with Crippen molar-refractivity contribution < 1.29 is 18.6 Å². The average Bonchev–Trinajstić information content (AvgIpc) is 1.59. The van der Waals surface area contributed by atoms with Crippen LogP contribution in [-0.2, 0) is 18.6 Å². The van der Waals surface area contributed by atoms with Crippen LogP contribution in [0.5, 0.6) is 0 Å². The minimum atomic E-state index is -0.387. The van der Waals surface area contributed by atoms with Crippen molar-refractivity contribution in [3.8, 4) is 20.9 Å². The molecule has 11 rings (SSSR count). The van der Waals surface area contributed by atoms with Crippen molar-refractivity contribution in [2.24, 2.45) is 0 Å². The lowest BCUT2D eigenvalue weighted by molar-refractivity contribution is 0.00578. The number of nitrogens with zero attached hydrogens (tertiary/aromatic N) is 2. The summed E-state index contributed by atoms with van der Waals surface area (Å²) in [6.07, 6.45) is 36.9. The van der Waals surface area contributed by atoms with Crippen LogP contribution in [0.4, 0.5) is 0 Å². The molecule has 0 unspecified atom stereocenters. The second-order valence-electron chi connectivity index (χ2n) is 29.7. The summed E-state index contributed by atoms with van der Waals surface area (Å²) in [6, 6.07) is 35.4. The van der Waals surface area contributed by atoms with Crippen LogP contribution in [-0.4, -0.2) is 45.8 Å². The molecule has 2 fully saturated rings. The van der Waals surface area contributed by atoms with Gasteiger partial charge in [0.15, 0.2) is 0 Å². The molecule has 0 radical (unpaired) electrons. The Labute approximate surface area is 636 Å². The Balaban J connectivity index is 0.000000207. The van der Waals surface area contributed by atoms with E-state index in [1.54, 1.807) is 11.3 Å². The molecule has 5 aromatic heterocycles. The standard InChI is InChI=1S/C41H65B2NO4.C37H45Br2NS2.C4H2BrIS/c1-11-13-15-17-19-21-23-33(24-22-20-18-16-14-12-2)44-36-29-31(42-45-38(3,4)39(5,6)46-42)25-27-34(36)35-28-26-32(30-37(35)44)43-47-40(7,8)41(9,10)48-43;1-3-5-7-9-11-13-15-29(16-14-12-10-8-6-4-2)40-34-25-27(36-32(38)21-23-41-36)17-19-30(34)31-20-18-28(26-35(31)40)37-33(39)22-24-42-37;5-3-1-2-7-4(3)6/h25-30,33H,11-24H2,1-10H3;17-26,29H,3-16H2,1-2H3;1-2H. The fourth-order valence-electron chi connectivity index (χ4n) is 14.2. The van der Waals surface area contributed by atoms with E-state index in [-0.39, 0.29) is 36.6 Å². The third-order valence-electron chi connectivity index (χ3n) is 21.3. The van der Waals surface area contributed by atoms with Gasteiger partial charge in [-0.3, -0.25) is 0 Å². The lowest BCUT2D eigenvalue weighted by atomic mass is 9.78. The second-order valence-corrected chi connectivity index (χ2v) is 36.8. The Hall–Kier alpha value is -2.28. The van der Waals surface area contributed by atoms with Crippen LogP contribution in [0.2, 0.25) is 0 Å². The topological polar surface area (TPSA) is 46.8 Å². The molecular formula is C82H112B2Br3IN2O4S3. The summed E-state index contributed by atoms with van der Waals surface area (Å²) >= 11 is 18.7. The third kappa shape index (κ3) is 20.2. The minimum Gasteiger partial charge on any atom is -0.399 e. The molecule has 0 amide bonds. The van der Waals surface area contributed by atoms with E-state index in [0.717, 1.165) is 10.9 Å². The van der Waals surface area contributed by atoms with Gasteiger partial charge in [-0.2, -0.15) is 0 Å². The highest BCUT2D eigenvalue weighted by atomic mass is 127. The maximum absolute atomic E-state index is 6.56. The van der Waals surface area contributed by atoms with E-state index in [1.807, 2.05) is 28.7 Å². The summed E-state index contributed by atoms with van der Waals surface area (Å²) in [5.41, 5.74) is 8.65. The van der Waals surface area contributed by atoms with Gasteiger partial charge in [0.25, 0.3) is 0 Å². The van der Waals surface area contributed by atoms with Crippen molar-refractivity contribution in [1.82, 2.24) is 9.13 Å². The predicted octanol–water partition coefficient (Wildman–Crippen LogP) is 28.4. The minimum absolute atomic E-state index is 0.380. The average molecular weight is 1670 g/mol. The summed E-state index contributed by atoms with van der Waals surface area (Å²) in [4.78, 5) is 2.64. The number of fused-ring (bicyclic) bond motifs is 6. The van der Waals surface area contributed by atoms with E-state index in [4.69, 9.17) is 18.6 Å². The van der Waals surface area contributed by atoms with Crippen LogP contribution in [0.25, 0.3) is 64.5 Å². The molecule has 0 aliphatic carbocycles. The first-order chi connectivity index (χ1) is 46.6. The molecule has 0 N–H and O–H groups in total. The van der Waals surface area contributed by atoms with Crippen molar-refractivity contribution >= 4 is 173 Å². The first-order valence-electron chi connectivity index (χ1n) is 37.4. The van der Waals surface area contributed by atoms with Gasteiger partial charge in [0.1, 0.15) is 0 Å². The van der Waals surface area contributed by atoms with E-state index in [1.165, 1.54) is 261 Å². The van der Waals surface area contributed by atoms with Crippen molar-refractivity contribution in [1.29, 1.82) is 0 Å².